The summed E-state index contributed by atoms with van der Waals surface area (Å²) in [5, 5.41) is 8.96. The topological polar surface area (TPSA) is 46.5 Å². The Hall–Kier alpha value is -1.51. The molecule has 0 saturated carbocycles. The van der Waals surface area contributed by atoms with E-state index in [1.807, 2.05) is 26.8 Å². The molecule has 0 bridgehead atoms. The number of aromatic carboxylic acids is 1. The molecule has 0 aliphatic heterocycles. The van der Waals surface area contributed by atoms with Gasteiger partial charge in [-0.2, -0.15) is 0 Å². The van der Waals surface area contributed by atoms with Gasteiger partial charge in [-0.15, -0.1) is 0 Å². The molecule has 15 heavy (non-hydrogen) atoms. The molecule has 0 fully saturated rings. The van der Waals surface area contributed by atoms with Crippen LogP contribution in [0, 0.1) is 13.8 Å². The molecule has 0 amide bonds. The molecule has 0 unspecified atom stereocenters. The molecule has 1 rings (SSSR count). The van der Waals surface area contributed by atoms with Crippen molar-refractivity contribution in [2.75, 3.05) is 0 Å². The van der Waals surface area contributed by atoms with Gasteiger partial charge >= 0.3 is 5.97 Å². The van der Waals surface area contributed by atoms with E-state index >= 15 is 0 Å². The number of ether oxygens (including phenoxy) is 1. The molecule has 0 atom stereocenters. The lowest BCUT2D eigenvalue weighted by Gasteiger charge is -2.14. The number of carbonyl (C=O) groups is 1. The Labute approximate surface area is 89.7 Å². The van der Waals surface area contributed by atoms with Crippen molar-refractivity contribution < 1.29 is 14.6 Å². The summed E-state index contributed by atoms with van der Waals surface area (Å²) in [6.07, 6.45) is 0.0491. The van der Waals surface area contributed by atoms with Crippen LogP contribution in [0.4, 0.5) is 0 Å². The number of hydrogen-bond acceptors (Lipinski definition) is 2. The van der Waals surface area contributed by atoms with Crippen molar-refractivity contribution in [3.8, 4) is 5.75 Å². The minimum atomic E-state index is -0.916. The maximum Gasteiger partial charge on any atom is 0.336 e. The van der Waals surface area contributed by atoms with Gasteiger partial charge in [0.2, 0.25) is 0 Å². The van der Waals surface area contributed by atoms with Crippen molar-refractivity contribution in [2.24, 2.45) is 0 Å². The van der Waals surface area contributed by atoms with Crippen LogP contribution in [-0.4, -0.2) is 17.2 Å². The molecular weight excluding hydrogens is 192 g/mol. The summed E-state index contributed by atoms with van der Waals surface area (Å²) in [4.78, 5) is 10.9. The fraction of sp³-hybridized carbons (Fsp3) is 0.417. The summed E-state index contributed by atoms with van der Waals surface area (Å²) < 4.78 is 5.53. The Kier molecular flexibility index (Phi) is 3.35. The fourth-order valence-corrected chi connectivity index (χ4v) is 1.44. The molecular formula is C12H16O3. The number of hydrogen-bond donors (Lipinski definition) is 1. The second-order valence-electron chi connectivity index (χ2n) is 3.90. The van der Waals surface area contributed by atoms with Gasteiger partial charge in [0.15, 0.2) is 0 Å². The Balaban J connectivity index is 3.17. The number of benzene rings is 1. The maximum atomic E-state index is 10.9. The molecule has 0 heterocycles. The standard InChI is InChI=1S/C12H16O3/c1-7(2)15-11-6-10(12(13)14)8(3)5-9(11)4/h5-7H,1-4H3,(H,13,14). The lowest BCUT2D eigenvalue weighted by atomic mass is 10.0. The van der Waals surface area contributed by atoms with Gasteiger partial charge < -0.3 is 9.84 Å². The summed E-state index contributed by atoms with van der Waals surface area (Å²) >= 11 is 0. The van der Waals surface area contributed by atoms with Crippen LogP contribution in [0.3, 0.4) is 0 Å². The van der Waals surface area contributed by atoms with Crippen LogP contribution in [0.5, 0.6) is 5.75 Å². The third-order valence-corrected chi connectivity index (χ3v) is 2.12. The van der Waals surface area contributed by atoms with Gasteiger partial charge in [-0.3, -0.25) is 0 Å². The van der Waals surface area contributed by atoms with E-state index in [4.69, 9.17) is 9.84 Å². The largest absolute Gasteiger partial charge is 0.491 e. The van der Waals surface area contributed by atoms with Crippen molar-refractivity contribution in [2.45, 2.75) is 33.8 Å². The average molecular weight is 208 g/mol. The molecule has 0 aliphatic rings. The van der Waals surface area contributed by atoms with Crippen LogP contribution < -0.4 is 4.74 Å². The van der Waals surface area contributed by atoms with Gasteiger partial charge in [0.05, 0.1) is 11.7 Å². The monoisotopic (exact) mass is 208 g/mol. The molecule has 3 heteroatoms. The number of carboxylic acids is 1. The van der Waals surface area contributed by atoms with Crippen molar-refractivity contribution in [1.29, 1.82) is 0 Å². The quantitative estimate of drug-likeness (QED) is 0.830. The van der Waals surface area contributed by atoms with E-state index in [0.29, 0.717) is 11.3 Å². The first kappa shape index (κ1) is 11.6. The van der Waals surface area contributed by atoms with Crippen LogP contribution in [0.25, 0.3) is 0 Å². The van der Waals surface area contributed by atoms with Gasteiger partial charge in [0.25, 0.3) is 0 Å². The van der Waals surface area contributed by atoms with E-state index in [9.17, 15) is 4.79 Å². The van der Waals surface area contributed by atoms with Gasteiger partial charge in [0.1, 0.15) is 5.75 Å². The van der Waals surface area contributed by atoms with Gasteiger partial charge in [-0.25, -0.2) is 4.79 Å². The zero-order valence-electron chi connectivity index (χ0n) is 9.50. The first-order valence-electron chi connectivity index (χ1n) is 4.93. The Morgan fingerprint density at radius 2 is 1.87 bits per heavy atom. The highest BCUT2D eigenvalue weighted by Gasteiger charge is 2.11. The lowest BCUT2D eigenvalue weighted by Crippen LogP contribution is -2.09. The average Bonchev–Trinajstić information content (AvgIpc) is 2.08. The molecule has 3 nitrogen and oxygen atoms in total. The third kappa shape index (κ3) is 2.72. The molecule has 1 aromatic carbocycles. The highest BCUT2D eigenvalue weighted by atomic mass is 16.5. The molecule has 0 spiro atoms. The third-order valence-electron chi connectivity index (χ3n) is 2.12. The Morgan fingerprint density at radius 1 is 1.27 bits per heavy atom. The molecule has 0 aromatic heterocycles. The highest BCUT2D eigenvalue weighted by Crippen LogP contribution is 2.23. The fourth-order valence-electron chi connectivity index (χ4n) is 1.44. The number of rotatable bonds is 3. The molecule has 0 saturated heterocycles. The van der Waals surface area contributed by atoms with E-state index in [1.54, 1.807) is 13.0 Å². The number of aryl methyl sites for hydroxylation is 2. The minimum Gasteiger partial charge on any atom is -0.491 e. The van der Waals surface area contributed by atoms with Crippen molar-refractivity contribution in [3.05, 3.63) is 28.8 Å². The molecule has 82 valence electrons. The van der Waals surface area contributed by atoms with Crippen LogP contribution >= 0.6 is 0 Å². The molecule has 0 aliphatic carbocycles. The zero-order valence-corrected chi connectivity index (χ0v) is 9.50. The Bertz CT molecular complexity index is 381. The SMILES string of the molecule is Cc1cc(C)c(C(=O)O)cc1OC(C)C. The van der Waals surface area contributed by atoms with E-state index in [0.717, 1.165) is 11.1 Å². The summed E-state index contributed by atoms with van der Waals surface area (Å²) in [7, 11) is 0. The van der Waals surface area contributed by atoms with E-state index in [1.165, 1.54) is 0 Å². The normalized spacial score (nSPS) is 10.5. The van der Waals surface area contributed by atoms with Gasteiger partial charge in [0, 0.05) is 0 Å². The van der Waals surface area contributed by atoms with Crippen LogP contribution in [0.1, 0.15) is 35.3 Å². The smallest absolute Gasteiger partial charge is 0.336 e. The Morgan fingerprint density at radius 3 is 2.33 bits per heavy atom. The predicted octanol–water partition coefficient (Wildman–Crippen LogP) is 2.79. The van der Waals surface area contributed by atoms with Crippen molar-refractivity contribution >= 4 is 5.97 Å². The number of carboxylic acid groups (broad SMARTS) is 1. The molecule has 1 aromatic rings. The predicted molar refractivity (Wildman–Crippen MR) is 58.6 cm³/mol. The van der Waals surface area contributed by atoms with Crippen LogP contribution in [-0.2, 0) is 0 Å². The first-order valence-corrected chi connectivity index (χ1v) is 4.93. The van der Waals surface area contributed by atoms with Crippen molar-refractivity contribution in [1.82, 2.24) is 0 Å². The van der Waals surface area contributed by atoms with E-state index in [2.05, 4.69) is 0 Å². The van der Waals surface area contributed by atoms with Gasteiger partial charge in [-0.1, -0.05) is 6.07 Å². The first-order chi connectivity index (χ1) is 6.91. The minimum absolute atomic E-state index is 0.0491. The van der Waals surface area contributed by atoms with Crippen molar-refractivity contribution in [3.63, 3.8) is 0 Å². The van der Waals surface area contributed by atoms with Crippen LogP contribution in [0.15, 0.2) is 12.1 Å². The lowest BCUT2D eigenvalue weighted by molar-refractivity contribution is 0.0695. The zero-order chi connectivity index (χ0) is 11.6. The van der Waals surface area contributed by atoms with E-state index in [-0.39, 0.29) is 6.10 Å². The summed E-state index contributed by atoms with van der Waals surface area (Å²) in [5.74, 6) is -0.269. The summed E-state index contributed by atoms with van der Waals surface area (Å²) in [5.41, 5.74) is 2.03. The summed E-state index contributed by atoms with van der Waals surface area (Å²) in [6, 6.07) is 3.42. The van der Waals surface area contributed by atoms with Gasteiger partial charge in [-0.05, 0) is 44.9 Å². The second-order valence-corrected chi connectivity index (χ2v) is 3.90. The molecule has 1 N–H and O–H groups in total. The second kappa shape index (κ2) is 4.34. The molecule has 0 radical (unpaired) electrons. The van der Waals surface area contributed by atoms with E-state index < -0.39 is 5.97 Å². The maximum absolute atomic E-state index is 10.9. The summed E-state index contributed by atoms with van der Waals surface area (Å²) in [6.45, 7) is 7.53. The highest BCUT2D eigenvalue weighted by molar-refractivity contribution is 5.90. The van der Waals surface area contributed by atoms with Crippen LogP contribution in [0.2, 0.25) is 0 Å².